The summed E-state index contributed by atoms with van der Waals surface area (Å²) < 4.78 is 0. The molecule has 1 heterocycles. The van der Waals surface area contributed by atoms with Gasteiger partial charge in [0.2, 0.25) is 5.91 Å². The first kappa shape index (κ1) is 18.9. The van der Waals surface area contributed by atoms with Gasteiger partial charge in [0.05, 0.1) is 11.0 Å². The largest absolute Gasteiger partial charge is 0.356 e. The number of aromatic amines is 1. The zero-order valence-corrected chi connectivity index (χ0v) is 15.6. The fourth-order valence-electron chi connectivity index (χ4n) is 2.69. The first-order valence-electron chi connectivity index (χ1n) is 8.86. The summed E-state index contributed by atoms with van der Waals surface area (Å²) in [5.41, 5.74) is 2.49. The predicted octanol–water partition coefficient (Wildman–Crippen LogP) is 3.09. The molecule has 0 bridgehead atoms. The molecular formula is C20H21ClN4O2. The van der Waals surface area contributed by atoms with Crippen molar-refractivity contribution in [1.82, 2.24) is 20.6 Å². The van der Waals surface area contributed by atoms with Gasteiger partial charge in [-0.1, -0.05) is 23.7 Å². The zero-order valence-electron chi connectivity index (χ0n) is 14.8. The van der Waals surface area contributed by atoms with E-state index in [1.807, 2.05) is 24.3 Å². The van der Waals surface area contributed by atoms with E-state index < -0.39 is 0 Å². The van der Waals surface area contributed by atoms with Crippen LogP contribution in [0.5, 0.6) is 0 Å². The van der Waals surface area contributed by atoms with Crippen LogP contribution in [-0.2, 0) is 11.2 Å². The van der Waals surface area contributed by atoms with E-state index >= 15 is 0 Å². The van der Waals surface area contributed by atoms with E-state index in [1.165, 1.54) is 0 Å². The minimum Gasteiger partial charge on any atom is -0.356 e. The molecule has 0 saturated carbocycles. The number of fused-ring (bicyclic) bond motifs is 1. The Labute approximate surface area is 162 Å². The number of carbonyl (C=O) groups is 2. The Morgan fingerprint density at radius 2 is 1.78 bits per heavy atom. The number of hydrogen-bond donors (Lipinski definition) is 3. The van der Waals surface area contributed by atoms with Gasteiger partial charge in [-0.25, -0.2) is 4.98 Å². The predicted molar refractivity (Wildman–Crippen MR) is 106 cm³/mol. The Morgan fingerprint density at radius 1 is 1.00 bits per heavy atom. The first-order chi connectivity index (χ1) is 13.1. The highest BCUT2D eigenvalue weighted by Gasteiger charge is 2.07. The van der Waals surface area contributed by atoms with Gasteiger partial charge in [0.25, 0.3) is 5.91 Å². The summed E-state index contributed by atoms with van der Waals surface area (Å²) in [7, 11) is 0. The van der Waals surface area contributed by atoms with Gasteiger partial charge in [0.15, 0.2) is 0 Å². The van der Waals surface area contributed by atoms with Crippen LogP contribution in [0.1, 0.15) is 29.0 Å². The van der Waals surface area contributed by atoms with E-state index in [-0.39, 0.29) is 24.8 Å². The van der Waals surface area contributed by atoms with E-state index in [1.54, 1.807) is 24.3 Å². The van der Waals surface area contributed by atoms with E-state index in [0.717, 1.165) is 29.7 Å². The SMILES string of the molecule is O=C(CCNC(=O)c1ccc(Cl)cc1)NCCCc1nc2ccccc2[nH]1. The number of carbonyl (C=O) groups excluding carboxylic acids is 2. The van der Waals surface area contributed by atoms with Gasteiger partial charge in [0.1, 0.15) is 5.82 Å². The van der Waals surface area contributed by atoms with Crippen molar-refractivity contribution in [2.75, 3.05) is 13.1 Å². The molecule has 3 N–H and O–H groups in total. The van der Waals surface area contributed by atoms with Gasteiger partial charge in [-0.15, -0.1) is 0 Å². The third-order valence-corrected chi connectivity index (χ3v) is 4.35. The van der Waals surface area contributed by atoms with Gasteiger partial charge < -0.3 is 15.6 Å². The number of hydrogen-bond acceptors (Lipinski definition) is 3. The second kappa shape index (κ2) is 9.19. The molecular weight excluding hydrogens is 364 g/mol. The van der Waals surface area contributed by atoms with Crippen LogP contribution in [0.3, 0.4) is 0 Å². The molecule has 7 heteroatoms. The number of halogens is 1. The second-order valence-corrected chi connectivity index (χ2v) is 6.60. The molecule has 0 spiro atoms. The van der Waals surface area contributed by atoms with Crippen molar-refractivity contribution in [3.05, 3.63) is 64.9 Å². The molecule has 0 saturated heterocycles. The van der Waals surface area contributed by atoms with Crippen molar-refractivity contribution in [2.45, 2.75) is 19.3 Å². The Hall–Kier alpha value is -2.86. The molecule has 1 aromatic heterocycles. The number of rotatable bonds is 8. The summed E-state index contributed by atoms with van der Waals surface area (Å²) in [6, 6.07) is 14.5. The van der Waals surface area contributed by atoms with Crippen LogP contribution < -0.4 is 10.6 Å². The summed E-state index contributed by atoms with van der Waals surface area (Å²) in [6.07, 6.45) is 1.80. The van der Waals surface area contributed by atoms with Crippen LogP contribution in [0, 0.1) is 0 Å². The second-order valence-electron chi connectivity index (χ2n) is 6.17. The number of amides is 2. The molecule has 0 atom stereocenters. The lowest BCUT2D eigenvalue weighted by Gasteiger charge is -2.06. The molecule has 3 rings (SSSR count). The summed E-state index contributed by atoms with van der Waals surface area (Å²) in [5.74, 6) is 0.612. The summed E-state index contributed by atoms with van der Waals surface area (Å²) in [4.78, 5) is 31.6. The topological polar surface area (TPSA) is 86.9 Å². The maximum Gasteiger partial charge on any atom is 0.251 e. The number of benzene rings is 2. The summed E-state index contributed by atoms with van der Waals surface area (Å²) >= 11 is 5.79. The van der Waals surface area contributed by atoms with Crippen LogP contribution in [0.4, 0.5) is 0 Å². The van der Waals surface area contributed by atoms with Crippen LogP contribution in [-0.4, -0.2) is 34.9 Å². The average molecular weight is 385 g/mol. The van der Waals surface area contributed by atoms with Gasteiger partial charge >= 0.3 is 0 Å². The van der Waals surface area contributed by atoms with E-state index in [9.17, 15) is 9.59 Å². The molecule has 2 aromatic carbocycles. The first-order valence-corrected chi connectivity index (χ1v) is 9.24. The van der Waals surface area contributed by atoms with E-state index in [4.69, 9.17) is 11.6 Å². The molecule has 0 fully saturated rings. The van der Waals surface area contributed by atoms with Crippen LogP contribution >= 0.6 is 11.6 Å². The van der Waals surface area contributed by atoms with Crippen LogP contribution in [0.2, 0.25) is 5.02 Å². The normalized spacial score (nSPS) is 10.7. The minimum atomic E-state index is -0.218. The van der Waals surface area contributed by atoms with Crippen molar-refractivity contribution >= 4 is 34.4 Å². The molecule has 0 unspecified atom stereocenters. The number of nitrogens with zero attached hydrogens (tertiary/aromatic N) is 1. The highest BCUT2D eigenvalue weighted by atomic mass is 35.5. The third kappa shape index (κ3) is 5.56. The number of H-pyrrole nitrogens is 1. The Morgan fingerprint density at radius 3 is 2.56 bits per heavy atom. The van der Waals surface area contributed by atoms with Crippen molar-refractivity contribution in [2.24, 2.45) is 0 Å². The molecule has 2 amide bonds. The Bertz CT molecular complexity index is 888. The van der Waals surface area contributed by atoms with E-state index in [2.05, 4.69) is 20.6 Å². The lowest BCUT2D eigenvalue weighted by Crippen LogP contribution is -2.31. The maximum absolute atomic E-state index is 11.9. The number of para-hydroxylation sites is 2. The Kier molecular flexibility index (Phi) is 6.44. The highest BCUT2D eigenvalue weighted by Crippen LogP contribution is 2.11. The van der Waals surface area contributed by atoms with Gasteiger partial charge in [-0.2, -0.15) is 0 Å². The molecule has 6 nitrogen and oxygen atoms in total. The Balaban J connectivity index is 1.31. The summed E-state index contributed by atoms with van der Waals surface area (Å²) in [5, 5.41) is 6.16. The number of nitrogens with one attached hydrogen (secondary N) is 3. The van der Waals surface area contributed by atoms with Crippen molar-refractivity contribution < 1.29 is 9.59 Å². The van der Waals surface area contributed by atoms with Crippen molar-refractivity contribution in [3.8, 4) is 0 Å². The van der Waals surface area contributed by atoms with Crippen LogP contribution in [0.25, 0.3) is 11.0 Å². The lowest BCUT2D eigenvalue weighted by atomic mass is 10.2. The fraction of sp³-hybridized carbons (Fsp3) is 0.250. The zero-order chi connectivity index (χ0) is 19.1. The monoisotopic (exact) mass is 384 g/mol. The lowest BCUT2D eigenvalue weighted by molar-refractivity contribution is -0.120. The van der Waals surface area contributed by atoms with E-state index in [0.29, 0.717) is 17.1 Å². The maximum atomic E-state index is 11.9. The third-order valence-electron chi connectivity index (χ3n) is 4.09. The van der Waals surface area contributed by atoms with Crippen molar-refractivity contribution in [1.29, 1.82) is 0 Å². The molecule has 0 radical (unpaired) electrons. The minimum absolute atomic E-state index is 0.0870. The average Bonchev–Trinajstić information content (AvgIpc) is 3.08. The van der Waals surface area contributed by atoms with Crippen molar-refractivity contribution in [3.63, 3.8) is 0 Å². The molecule has 0 aliphatic heterocycles. The number of aromatic nitrogens is 2. The standard InChI is InChI=1S/C20H21ClN4O2/c21-15-9-7-14(8-10-15)20(27)23-13-11-19(26)22-12-3-6-18-24-16-4-1-2-5-17(16)25-18/h1-2,4-5,7-10H,3,6,11-13H2,(H,22,26)(H,23,27)(H,24,25). The van der Waals surface area contributed by atoms with Crippen LogP contribution in [0.15, 0.2) is 48.5 Å². The van der Waals surface area contributed by atoms with Gasteiger partial charge in [-0.3, -0.25) is 9.59 Å². The quantitative estimate of drug-likeness (QED) is 0.521. The summed E-state index contributed by atoms with van der Waals surface area (Å²) in [6.45, 7) is 0.859. The number of imidazole rings is 1. The smallest absolute Gasteiger partial charge is 0.251 e. The van der Waals surface area contributed by atoms with Gasteiger partial charge in [-0.05, 0) is 42.8 Å². The molecule has 27 heavy (non-hydrogen) atoms. The molecule has 3 aromatic rings. The number of aryl methyl sites for hydroxylation is 1. The fourth-order valence-corrected chi connectivity index (χ4v) is 2.81. The molecule has 140 valence electrons. The van der Waals surface area contributed by atoms with Gasteiger partial charge in [0, 0.05) is 36.5 Å². The molecule has 0 aliphatic rings. The molecule has 0 aliphatic carbocycles. The highest BCUT2D eigenvalue weighted by molar-refractivity contribution is 6.30.